The Hall–Kier alpha value is -4.65. The van der Waals surface area contributed by atoms with E-state index < -0.39 is 53.0 Å². The number of thioether (sulfide) groups is 1. The lowest BCUT2D eigenvalue weighted by Gasteiger charge is -2.49. The van der Waals surface area contributed by atoms with Crippen LogP contribution in [0.1, 0.15) is 16.1 Å². The number of carbonyl (C=O) groups is 5. The zero-order chi connectivity index (χ0) is 30.1. The van der Waals surface area contributed by atoms with E-state index in [1.165, 1.54) is 29.6 Å². The van der Waals surface area contributed by atoms with Crippen molar-refractivity contribution in [2.24, 2.45) is 10.9 Å². The number of oxime groups is 1. The second-order valence-corrected chi connectivity index (χ2v) is 10.2. The molecule has 2 atom stereocenters. The van der Waals surface area contributed by atoms with E-state index in [0.29, 0.717) is 5.75 Å². The number of hydrogen-bond donors (Lipinski definition) is 4. The molecule has 41 heavy (non-hydrogen) atoms. The molecule has 1 fully saturated rings. The van der Waals surface area contributed by atoms with Gasteiger partial charge in [-0.3, -0.25) is 19.3 Å². The van der Waals surface area contributed by atoms with Gasteiger partial charge in [-0.25, -0.2) is 14.6 Å². The van der Waals surface area contributed by atoms with Gasteiger partial charge in [0.25, 0.3) is 11.8 Å². The quantitative estimate of drug-likeness (QED) is 0.132. The Kier molecular flexibility index (Phi) is 8.19. The summed E-state index contributed by atoms with van der Waals surface area (Å²) in [5.74, 6) is -6.45. The standard InChI is InChI=1S/C22H17F3N6O8S2/c23-22(24,25)20(37)39-30-12(11-7-41-21(27)28-11)16(33)29-13-17(34)31-14(19(35)36)9(6-40-18(13)31)5-38-10-3-1-8(2-4-10)15(26)32/h1-4,7,13,18H,5-6H2,(H2,26,32)(H2,27,28)(H,29,33)(H,35,36)/t13?,18-/m0/s1. The predicted octanol–water partition coefficient (Wildman–Crippen LogP) is 0.451. The normalized spacial score (nSPS) is 18.8. The molecule has 216 valence electrons. The first kappa shape index (κ1) is 29.3. The maximum absolute atomic E-state index is 12.9. The first-order valence-corrected chi connectivity index (χ1v) is 13.0. The minimum atomic E-state index is -5.40. The molecule has 0 spiro atoms. The largest absolute Gasteiger partial charge is 0.493 e. The van der Waals surface area contributed by atoms with Crippen molar-refractivity contribution in [1.82, 2.24) is 15.2 Å². The van der Waals surface area contributed by atoms with E-state index in [4.69, 9.17) is 16.2 Å². The second-order valence-electron chi connectivity index (χ2n) is 8.18. The number of primary amides is 1. The molecule has 3 heterocycles. The zero-order valence-corrected chi connectivity index (χ0v) is 21.8. The van der Waals surface area contributed by atoms with Crippen LogP contribution in [0.2, 0.25) is 0 Å². The molecule has 1 unspecified atom stereocenters. The summed E-state index contributed by atoms with van der Waals surface area (Å²) in [4.78, 5) is 68.7. The second kappa shape index (κ2) is 11.5. The summed E-state index contributed by atoms with van der Waals surface area (Å²) >= 11 is 1.91. The van der Waals surface area contributed by atoms with E-state index in [0.717, 1.165) is 28.0 Å². The van der Waals surface area contributed by atoms with E-state index in [2.05, 4.69) is 20.3 Å². The third-order valence-electron chi connectivity index (χ3n) is 5.52. The highest BCUT2D eigenvalue weighted by Crippen LogP contribution is 2.40. The summed E-state index contributed by atoms with van der Waals surface area (Å²) in [6, 6.07) is 4.46. The molecule has 19 heteroatoms. The molecular formula is C22H17F3N6O8S2. The number of thiazole rings is 1. The number of benzene rings is 1. The average molecular weight is 615 g/mol. The number of carbonyl (C=O) groups excluding carboxylic acids is 4. The first-order valence-electron chi connectivity index (χ1n) is 11.1. The third kappa shape index (κ3) is 6.24. The minimum Gasteiger partial charge on any atom is -0.489 e. The van der Waals surface area contributed by atoms with Crippen LogP contribution >= 0.6 is 23.1 Å². The fraction of sp³-hybridized carbons (Fsp3) is 0.227. The molecule has 1 aromatic carbocycles. The van der Waals surface area contributed by atoms with Gasteiger partial charge in [0.05, 0.1) is 0 Å². The van der Waals surface area contributed by atoms with Crippen molar-refractivity contribution < 1.29 is 51.8 Å². The number of carboxylic acid groups (broad SMARTS) is 1. The Morgan fingerprint density at radius 1 is 1.22 bits per heavy atom. The Morgan fingerprint density at radius 2 is 1.90 bits per heavy atom. The number of halogens is 3. The summed E-state index contributed by atoms with van der Waals surface area (Å²) < 4.78 is 43.2. The zero-order valence-electron chi connectivity index (χ0n) is 20.2. The van der Waals surface area contributed by atoms with Crippen molar-refractivity contribution in [3.63, 3.8) is 0 Å². The van der Waals surface area contributed by atoms with Gasteiger partial charge in [0.1, 0.15) is 35.2 Å². The van der Waals surface area contributed by atoms with E-state index in [1.807, 2.05) is 0 Å². The highest BCUT2D eigenvalue weighted by molar-refractivity contribution is 8.00. The van der Waals surface area contributed by atoms with Crippen molar-refractivity contribution in [2.75, 3.05) is 18.1 Å². The summed E-state index contributed by atoms with van der Waals surface area (Å²) in [7, 11) is 0. The van der Waals surface area contributed by atoms with E-state index >= 15 is 0 Å². The lowest BCUT2D eigenvalue weighted by Crippen LogP contribution is -2.71. The number of fused-ring (bicyclic) bond motifs is 1. The molecule has 6 N–H and O–H groups in total. The SMILES string of the molecule is NC(=O)c1ccc(OCC2=C(C(=O)O)N3C(=O)C(NC(=O)C(=NOC(=O)C(F)(F)F)c4csc(N)n4)[C@@H]3SC2)cc1. The lowest BCUT2D eigenvalue weighted by molar-refractivity contribution is -0.199. The Balaban J connectivity index is 1.49. The van der Waals surface area contributed by atoms with Gasteiger partial charge in [0.2, 0.25) is 5.91 Å². The number of rotatable bonds is 9. The Labute approximate surface area is 235 Å². The molecule has 1 saturated heterocycles. The van der Waals surface area contributed by atoms with Crippen LogP contribution in [-0.4, -0.2) is 80.3 Å². The fourth-order valence-corrected chi connectivity index (χ4v) is 5.50. The predicted molar refractivity (Wildman–Crippen MR) is 135 cm³/mol. The van der Waals surface area contributed by atoms with Gasteiger partial charge in [-0.1, -0.05) is 5.16 Å². The topological polar surface area (TPSA) is 217 Å². The fourth-order valence-electron chi connectivity index (χ4n) is 3.63. The summed E-state index contributed by atoms with van der Waals surface area (Å²) in [5, 5.41) is 15.3. The minimum absolute atomic E-state index is 0.0776. The number of aliphatic carboxylic acids is 1. The molecule has 2 aliphatic rings. The van der Waals surface area contributed by atoms with Crippen LogP contribution in [-0.2, 0) is 24.0 Å². The highest BCUT2D eigenvalue weighted by Gasteiger charge is 2.54. The number of alkyl halides is 3. The third-order valence-corrected chi connectivity index (χ3v) is 7.53. The number of anilines is 1. The van der Waals surface area contributed by atoms with Gasteiger partial charge >= 0.3 is 18.1 Å². The van der Waals surface area contributed by atoms with Gasteiger partial charge in [-0.15, -0.1) is 23.1 Å². The molecular weight excluding hydrogens is 597 g/mol. The molecule has 3 amide bonds. The monoisotopic (exact) mass is 614 g/mol. The van der Waals surface area contributed by atoms with Gasteiger partial charge in [0.15, 0.2) is 10.8 Å². The van der Waals surface area contributed by atoms with Crippen LogP contribution < -0.4 is 21.5 Å². The van der Waals surface area contributed by atoms with Gasteiger partial charge in [0, 0.05) is 22.3 Å². The molecule has 0 bridgehead atoms. The molecule has 0 aliphatic carbocycles. The number of β-lactam (4-membered cyclic amide) rings is 1. The number of amides is 3. The number of nitrogen functional groups attached to an aromatic ring is 1. The van der Waals surface area contributed by atoms with Gasteiger partial charge in [-0.2, -0.15) is 13.2 Å². The maximum atomic E-state index is 12.9. The molecule has 0 radical (unpaired) electrons. The Morgan fingerprint density at radius 3 is 2.46 bits per heavy atom. The van der Waals surface area contributed by atoms with E-state index in [-0.39, 0.29) is 40.0 Å². The van der Waals surface area contributed by atoms with Crippen molar-refractivity contribution >= 4 is 63.6 Å². The van der Waals surface area contributed by atoms with Crippen molar-refractivity contribution in [1.29, 1.82) is 0 Å². The first-order chi connectivity index (χ1) is 19.3. The maximum Gasteiger partial charge on any atom is 0.493 e. The number of nitrogens with two attached hydrogens (primary N) is 2. The molecule has 14 nitrogen and oxygen atoms in total. The summed E-state index contributed by atoms with van der Waals surface area (Å²) in [6.07, 6.45) is -5.40. The van der Waals surface area contributed by atoms with Crippen LogP contribution in [0.25, 0.3) is 0 Å². The number of hydrogen-bond acceptors (Lipinski definition) is 12. The molecule has 4 rings (SSSR count). The number of aromatic nitrogens is 1. The van der Waals surface area contributed by atoms with Crippen LogP contribution in [0.15, 0.2) is 46.1 Å². The van der Waals surface area contributed by atoms with Crippen LogP contribution in [0.3, 0.4) is 0 Å². The summed E-state index contributed by atoms with van der Waals surface area (Å²) in [6.45, 7) is -0.218. The number of ether oxygens (including phenoxy) is 1. The molecule has 2 aliphatic heterocycles. The molecule has 2 aromatic rings. The van der Waals surface area contributed by atoms with Crippen molar-refractivity contribution in [2.45, 2.75) is 17.6 Å². The van der Waals surface area contributed by atoms with Crippen LogP contribution in [0.5, 0.6) is 5.75 Å². The van der Waals surface area contributed by atoms with Crippen LogP contribution in [0, 0.1) is 0 Å². The molecule has 0 saturated carbocycles. The van der Waals surface area contributed by atoms with Crippen molar-refractivity contribution in [3.8, 4) is 5.75 Å². The highest BCUT2D eigenvalue weighted by atomic mass is 32.2. The van der Waals surface area contributed by atoms with E-state index in [9.17, 15) is 42.3 Å². The Bertz CT molecular complexity index is 1490. The van der Waals surface area contributed by atoms with Gasteiger partial charge in [-0.05, 0) is 24.3 Å². The smallest absolute Gasteiger partial charge is 0.489 e. The van der Waals surface area contributed by atoms with Gasteiger partial charge < -0.3 is 31.5 Å². The average Bonchev–Trinajstić information content (AvgIpc) is 3.35. The summed E-state index contributed by atoms with van der Waals surface area (Å²) in [5.41, 5.74) is 9.63. The van der Waals surface area contributed by atoms with Crippen LogP contribution in [0.4, 0.5) is 18.3 Å². The van der Waals surface area contributed by atoms with Crippen molar-refractivity contribution in [3.05, 3.63) is 52.2 Å². The number of carboxylic acids is 1. The lowest BCUT2D eigenvalue weighted by atomic mass is 10.0. The molecule has 1 aromatic heterocycles. The number of nitrogens with one attached hydrogen (secondary N) is 1. The number of nitrogens with zero attached hydrogens (tertiary/aromatic N) is 3. The van der Waals surface area contributed by atoms with E-state index in [1.54, 1.807) is 0 Å².